The number of aliphatic hydroxyl groups is 1. The molecule has 0 aromatic heterocycles. The number of hydrogen-bond acceptors (Lipinski definition) is 3. The van der Waals surface area contributed by atoms with Gasteiger partial charge < -0.3 is 14.6 Å². The molecule has 0 spiro atoms. The minimum atomic E-state index is 0.0457. The molecule has 5 rings (SSSR count). The summed E-state index contributed by atoms with van der Waals surface area (Å²) in [5.74, 6) is 3.04. The van der Waals surface area contributed by atoms with E-state index >= 15 is 0 Å². The van der Waals surface area contributed by atoms with Gasteiger partial charge in [0.1, 0.15) is 0 Å². The molecule has 1 N–H and O–H groups in total. The maximum Gasteiger partial charge on any atom is 0.157 e. The Bertz CT molecular complexity index is 609. The smallest absolute Gasteiger partial charge is 0.157 e. The Morgan fingerprint density at radius 1 is 1.07 bits per heavy atom. The summed E-state index contributed by atoms with van der Waals surface area (Å²) < 4.78 is 12.2. The van der Waals surface area contributed by atoms with Gasteiger partial charge in [0.15, 0.2) is 6.29 Å². The van der Waals surface area contributed by atoms with Crippen LogP contribution in [0.25, 0.3) is 0 Å². The van der Waals surface area contributed by atoms with Crippen molar-refractivity contribution in [1.29, 1.82) is 0 Å². The Kier molecular flexibility index (Phi) is 5.17. The molecular formula is C25H40O3. The van der Waals surface area contributed by atoms with Gasteiger partial charge in [0.25, 0.3) is 0 Å². The van der Waals surface area contributed by atoms with Gasteiger partial charge in [-0.05, 0) is 105 Å². The fraction of sp³-hybridized carbons (Fsp3) is 0.920. The highest BCUT2D eigenvalue weighted by Crippen LogP contribution is 2.66. The van der Waals surface area contributed by atoms with Gasteiger partial charge in [0, 0.05) is 13.2 Å². The summed E-state index contributed by atoms with van der Waals surface area (Å²) in [6.07, 6.45) is 16.7. The molecule has 5 aliphatic rings. The largest absolute Gasteiger partial charge is 0.396 e. The lowest BCUT2D eigenvalue weighted by molar-refractivity contribution is -0.195. The molecule has 3 heteroatoms. The normalized spacial score (nSPS) is 51.0. The monoisotopic (exact) mass is 388 g/mol. The third kappa shape index (κ3) is 3.03. The second-order valence-corrected chi connectivity index (χ2v) is 11.1. The van der Waals surface area contributed by atoms with Crippen LogP contribution in [-0.2, 0) is 9.47 Å². The van der Waals surface area contributed by atoms with Gasteiger partial charge in [-0.25, -0.2) is 0 Å². The van der Waals surface area contributed by atoms with E-state index in [1.165, 1.54) is 57.8 Å². The standard InChI is InChI=1S/C25H40O3/c1-24-12-10-19(28-23-5-3-4-14-27-23)15-17(24)6-8-20-21-9-7-18(16-26)25(21,2)13-11-22(20)24/h6,18-23,26H,3-5,7-16H2,1-2H3/t18-,19-,20+,21+,22+,23+,24-,25-/m0/s1. The van der Waals surface area contributed by atoms with Gasteiger partial charge in [-0.2, -0.15) is 0 Å². The molecule has 3 nitrogen and oxygen atoms in total. The van der Waals surface area contributed by atoms with E-state index in [0.29, 0.717) is 29.5 Å². The lowest BCUT2D eigenvalue weighted by Crippen LogP contribution is -2.51. The van der Waals surface area contributed by atoms with Gasteiger partial charge in [-0.15, -0.1) is 0 Å². The molecule has 0 unspecified atom stereocenters. The quantitative estimate of drug-likeness (QED) is 0.652. The highest BCUT2D eigenvalue weighted by atomic mass is 16.7. The van der Waals surface area contributed by atoms with Gasteiger partial charge in [0.05, 0.1) is 6.10 Å². The number of hydrogen-bond donors (Lipinski definition) is 1. The van der Waals surface area contributed by atoms with E-state index in [1.807, 2.05) is 0 Å². The molecule has 1 aliphatic heterocycles. The van der Waals surface area contributed by atoms with E-state index in [9.17, 15) is 5.11 Å². The molecule has 8 atom stereocenters. The van der Waals surface area contributed by atoms with Crippen molar-refractivity contribution in [3.05, 3.63) is 11.6 Å². The molecular weight excluding hydrogens is 348 g/mol. The van der Waals surface area contributed by atoms with Crippen LogP contribution in [0.5, 0.6) is 0 Å². The Labute approximate surface area is 171 Å². The van der Waals surface area contributed by atoms with Crippen LogP contribution in [0.3, 0.4) is 0 Å². The lowest BCUT2D eigenvalue weighted by atomic mass is 9.47. The van der Waals surface area contributed by atoms with E-state index < -0.39 is 0 Å². The summed E-state index contributed by atoms with van der Waals surface area (Å²) in [5.41, 5.74) is 2.46. The number of aliphatic hydroxyl groups excluding tert-OH is 1. The minimum Gasteiger partial charge on any atom is -0.396 e. The van der Waals surface area contributed by atoms with Crippen molar-refractivity contribution in [3.63, 3.8) is 0 Å². The van der Waals surface area contributed by atoms with Gasteiger partial charge in [0.2, 0.25) is 0 Å². The summed E-state index contributed by atoms with van der Waals surface area (Å²) in [7, 11) is 0. The number of fused-ring (bicyclic) bond motifs is 5. The highest BCUT2D eigenvalue weighted by molar-refractivity contribution is 5.25. The van der Waals surface area contributed by atoms with Crippen molar-refractivity contribution >= 4 is 0 Å². The zero-order valence-electron chi connectivity index (χ0n) is 18.0. The highest BCUT2D eigenvalue weighted by Gasteiger charge is 2.58. The van der Waals surface area contributed by atoms with Crippen molar-refractivity contribution in [2.24, 2.45) is 34.5 Å². The molecule has 158 valence electrons. The van der Waals surface area contributed by atoms with Crippen molar-refractivity contribution in [2.45, 2.75) is 96.9 Å². The van der Waals surface area contributed by atoms with E-state index in [-0.39, 0.29) is 6.29 Å². The molecule has 4 aliphatic carbocycles. The summed E-state index contributed by atoms with van der Waals surface area (Å²) in [6.45, 7) is 6.34. The Balaban J connectivity index is 1.31. The maximum atomic E-state index is 9.93. The minimum absolute atomic E-state index is 0.0457. The lowest BCUT2D eigenvalue weighted by Gasteiger charge is -2.58. The number of allylic oxidation sites excluding steroid dienone is 1. The Hall–Kier alpha value is -0.380. The summed E-state index contributed by atoms with van der Waals surface area (Å²) in [6, 6.07) is 0. The molecule has 0 aromatic rings. The van der Waals surface area contributed by atoms with Crippen molar-refractivity contribution in [3.8, 4) is 0 Å². The van der Waals surface area contributed by atoms with Gasteiger partial charge >= 0.3 is 0 Å². The van der Waals surface area contributed by atoms with Crippen molar-refractivity contribution < 1.29 is 14.6 Å². The molecule has 0 amide bonds. The van der Waals surface area contributed by atoms with Crippen LogP contribution < -0.4 is 0 Å². The van der Waals surface area contributed by atoms with Crippen LogP contribution in [0.1, 0.15) is 84.5 Å². The van der Waals surface area contributed by atoms with Crippen LogP contribution in [0.4, 0.5) is 0 Å². The predicted molar refractivity (Wildman–Crippen MR) is 111 cm³/mol. The van der Waals surface area contributed by atoms with Crippen LogP contribution >= 0.6 is 0 Å². The zero-order valence-corrected chi connectivity index (χ0v) is 18.0. The first-order valence-corrected chi connectivity index (χ1v) is 12.1. The molecule has 1 heterocycles. The average molecular weight is 389 g/mol. The molecule has 3 saturated carbocycles. The van der Waals surface area contributed by atoms with E-state index in [2.05, 4.69) is 19.9 Å². The Morgan fingerprint density at radius 3 is 2.75 bits per heavy atom. The molecule has 0 radical (unpaired) electrons. The van der Waals surface area contributed by atoms with E-state index in [4.69, 9.17) is 9.47 Å². The van der Waals surface area contributed by atoms with Crippen LogP contribution in [0.2, 0.25) is 0 Å². The van der Waals surface area contributed by atoms with Crippen LogP contribution in [0.15, 0.2) is 11.6 Å². The summed E-state index contributed by atoms with van der Waals surface area (Å²) >= 11 is 0. The molecule has 0 aromatic carbocycles. The second kappa shape index (κ2) is 7.39. The maximum absolute atomic E-state index is 9.93. The SMILES string of the molecule is C[C@@]12CC[C@@H]3[C@H](CC=C4C[C@@H](O[C@@H]5CCCCO5)CC[C@@]43C)[C@H]1CC[C@H]2CO. The van der Waals surface area contributed by atoms with Crippen molar-refractivity contribution in [2.75, 3.05) is 13.2 Å². The fourth-order valence-corrected chi connectivity index (χ4v) is 8.19. The van der Waals surface area contributed by atoms with Crippen LogP contribution in [-0.4, -0.2) is 30.7 Å². The third-order valence-electron chi connectivity index (χ3n) is 9.96. The average Bonchev–Trinajstić information content (AvgIpc) is 3.05. The molecule has 28 heavy (non-hydrogen) atoms. The first-order valence-electron chi connectivity index (χ1n) is 12.1. The van der Waals surface area contributed by atoms with Crippen molar-refractivity contribution in [1.82, 2.24) is 0 Å². The number of rotatable bonds is 3. The fourth-order valence-electron chi connectivity index (χ4n) is 8.19. The molecule has 4 fully saturated rings. The summed E-state index contributed by atoms with van der Waals surface area (Å²) in [5, 5.41) is 9.93. The zero-order chi connectivity index (χ0) is 19.4. The first kappa shape index (κ1) is 19.6. The predicted octanol–water partition coefficient (Wildman–Crippen LogP) is 5.47. The third-order valence-corrected chi connectivity index (χ3v) is 9.96. The molecule has 0 bridgehead atoms. The summed E-state index contributed by atoms with van der Waals surface area (Å²) in [4.78, 5) is 0. The van der Waals surface area contributed by atoms with Gasteiger partial charge in [-0.1, -0.05) is 25.5 Å². The second-order valence-electron chi connectivity index (χ2n) is 11.1. The Morgan fingerprint density at radius 2 is 1.96 bits per heavy atom. The number of ether oxygens (including phenoxy) is 2. The topological polar surface area (TPSA) is 38.7 Å². The van der Waals surface area contributed by atoms with Gasteiger partial charge in [-0.3, -0.25) is 0 Å². The van der Waals surface area contributed by atoms with E-state index in [1.54, 1.807) is 5.57 Å². The molecule has 1 saturated heterocycles. The van der Waals surface area contributed by atoms with E-state index in [0.717, 1.165) is 37.2 Å². The first-order chi connectivity index (χ1) is 13.5. The van der Waals surface area contributed by atoms with Crippen LogP contribution in [0, 0.1) is 34.5 Å².